The van der Waals surface area contributed by atoms with Crippen molar-refractivity contribution in [3.63, 3.8) is 0 Å². The number of benzene rings is 1. The minimum atomic E-state index is -0.385. The second kappa shape index (κ2) is 7.17. The molecule has 1 N–H and O–H groups in total. The van der Waals surface area contributed by atoms with E-state index in [-0.39, 0.29) is 18.5 Å². The minimum Gasteiger partial charge on any atom is -0.456 e. The molecule has 1 heterocycles. The quantitative estimate of drug-likeness (QED) is 0.856. The van der Waals surface area contributed by atoms with Crippen molar-refractivity contribution >= 4 is 28.3 Å². The van der Waals surface area contributed by atoms with Crippen LogP contribution in [0.5, 0.6) is 0 Å². The molecule has 2 aromatic rings. The Labute approximate surface area is 133 Å². The maximum absolute atomic E-state index is 12.0. The zero-order valence-corrected chi connectivity index (χ0v) is 13.6. The molecule has 0 atom stereocenters. The second-order valence-electron chi connectivity index (χ2n) is 5.18. The van der Waals surface area contributed by atoms with Crippen LogP contribution in [0.4, 0.5) is 5.13 Å². The average molecular weight is 318 g/mol. The molecule has 1 aromatic carbocycles. The van der Waals surface area contributed by atoms with Crippen LogP contribution in [0.15, 0.2) is 29.6 Å². The topological polar surface area (TPSA) is 68.3 Å². The zero-order valence-electron chi connectivity index (χ0n) is 12.8. The summed E-state index contributed by atoms with van der Waals surface area (Å²) in [6.45, 7) is 5.70. The number of thiazole rings is 1. The van der Waals surface area contributed by atoms with Crippen LogP contribution in [0, 0.1) is 0 Å². The van der Waals surface area contributed by atoms with E-state index in [1.54, 1.807) is 17.5 Å². The van der Waals surface area contributed by atoms with Crippen LogP contribution in [0.2, 0.25) is 0 Å². The Morgan fingerprint density at radius 1 is 1.27 bits per heavy atom. The first-order chi connectivity index (χ1) is 10.5. The van der Waals surface area contributed by atoms with Crippen LogP contribution in [0.25, 0.3) is 0 Å². The molecule has 0 radical (unpaired) electrons. The first kappa shape index (κ1) is 16.2. The van der Waals surface area contributed by atoms with Gasteiger partial charge < -0.3 is 10.1 Å². The standard InChI is InChI=1S/C16H18N2O3S/c1-10(2)12-4-6-13(7-5-12)15(20)21-8-14-9-22-16(18-14)17-11(3)19/h4-7,9-10H,8H2,1-3H3,(H,17,18,19). The molecular weight excluding hydrogens is 300 g/mol. The molecule has 1 aromatic heterocycles. The molecule has 6 heteroatoms. The summed E-state index contributed by atoms with van der Waals surface area (Å²) in [5.41, 5.74) is 2.30. The van der Waals surface area contributed by atoms with Gasteiger partial charge in [0.1, 0.15) is 6.61 Å². The van der Waals surface area contributed by atoms with Gasteiger partial charge in [0, 0.05) is 12.3 Å². The number of carbonyl (C=O) groups excluding carboxylic acids is 2. The van der Waals surface area contributed by atoms with Gasteiger partial charge in [-0.2, -0.15) is 0 Å². The van der Waals surface area contributed by atoms with E-state index in [4.69, 9.17) is 4.74 Å². The van der Waals surface area contributed by atoms with Crippen LogP contribution in [0.1, 0.15) is 48.3 Å². The van der Waals surface area contributed by atoms with Crippen LogP contribution in [-0.2, 0) is 16.1 Å². The van der Waals surface area contributed by atoms with Crippen LogP contribution < -0.4 is 5.32 Å². The Morgan fingerprint density at radius 2 is 1.95 bits per heavy atom. The summed E-state index contributed by atoms with van der Waals surface area (Å²) in [4.78, 5) is 27.0. The summed E-state index contributed by atoms with van der Waals surface area (Å²) in [5.74, 6) is -0.139. The molecule has 0 spiro atoms. The first-order valence-electron chi connectivity index (χ1n) is 6.95. The number of nitrogens with one attached hydrogen (secondary N) is 1. The average Bonchev–Trinajstić information content (AvgIpc) is 2.91. The van der Waals surface area contributed by atoms with Crippen molar-refractivity contribution in [3.8, 4) is 0 Å². The number of carbonyl (C=O) groups is 2. The van der Waals surface area contributed by atoms with Crippen molar-refractivity contribution in [2.45, 2.75) is 33.3 Å². The zero-order chi connectivity index (χ0) is 16.1. The van der Waals surface area contributed by atoms with Gasteiger partial charge in [-0.3, -0.25) is 4.79 Å². The molecule has 0 unspecified atom stereocenters. The number of ether oxygens (including phenoxy) is 1. The Kier molecular flexibility index (Phi) is 5.27. The summed E-state index contributed by atoms with van der Waals surface area (Å²) in [6.07, 6.45) is 0. The third-order valence-corrected chi connectivity index (χ3v) is 3.81. The second-order valence-corrected chi connectivity index (χ2v) is 6.04. The summed E-state index contributed by atoms with van der Waals surface area (Å²) >= 11 is 1.30. The van der Waals surface area contributed by atoms with E-state index in [9.17, 15) is 9.59 Å². The summed E-state index contributed by atoms with van der Waals surface area (Å²) in [7, 11) is 0. The molecule has 5 nitrogen and oxygen atoms in total. The Balaban J connectivity index is 1.92. The van der Waals surface area contributed by atoms with Crippen LogP contribution >= 0.6 is 11.3 Å². The van der Waals surface area contributed by atoms with E-state index < -0.39 is 0 Å². The van der Waals surface area contributed by atoms with E-state index >= 15 is 0 Å². The lowest BCUT2D eigenvalue weighted by atomic mass is 10.0. The maximum atomic E-state index is 12.0. The molecule has 0 aliphatic heterocycles. The van der Waals surface area contributed by atoms with Crippen LogP contribution in [-0.4, -0.2) is 16.9 Å². The van der Waals surface area contributed by atoms with E-state index in [2.05, 4.69) is 24.1 Å². The Bertz CT molecular complexity index is 662. The van der Waals surface area contributed by atoms with Gasteiger partial charge in [0.2, 0.25) is 5.91 Å². The SMILES string of the molecule is CC(=O)Nc1nc(COC(=O)c2ccc(C(C)C)cc2)cs1. The number of hydrogen-bond donors (Lipinski definition) is 1. The fourth-order valence-electron chi connectivity index (χ4n) is 1.81. The van der Waals surface area contributed by atoms with Crippen molar-refractivity contribution in [2.24, 2.45) is 0 Å². The highest BCUT2D eigenvalue weighted by Gasteiger charge is 2.10. The number of aromatic nitrogens is 1. The smallest absolute Gasteiger partial charge is 0.338 e. The molecule has 116 valence electrons. The highest BCUT2D eigenvalue weighted by molar-refractivity contribution is 7.13. The number of anilines is 1. The fraction of sp³-hybridized carbons (Fsp3) is 0.312. The Morgan fingerprint density at radius 3 is 2.55 bits per heavy atom. The van der Waals surface area contributed by atoms with Crippen molar-refractivity contribution in [3.05, 3.63) is 46.5 Å². The van der Waals surface area contributed by atoms with Gasteiger partial charge in [-0.15, -0.1) is 11.3 Å². The van der Waals surface area contributed by atoms with E-state index in [1.165, 1.54) is 23.8 Å². The van der Waals surface area contributed by atoms with Gasteiger partial charge in [-0.05, 0) is 23.6 Å². The number of nitrogens with zero attached hydrogens (tertiary/aromatic N) is 1. The molecule has 0 aliphatic carbocycles. The van der Waals surface area contributed by atoms with Gasteiger partial charge in [-0.1, -0.05) is 26.0 Å². The minimum absolute atomic E-state index is 0.0842. The lowest BCUT2D eigenvalue weighted by Crippen LogP contribution is -2.07. The van der Waals surface area contributed by atoms with Crippen LogP contribution in [0.3, 0.4) is 0 Å². The van der Waals surface area contributed by atoms with E-state index in [0.29, 0.717) is 22.3 Å². The van der Waals surface area contributed by atoms with E-state index in [0.717, 1.165) is 0 Å². The molecule has 0 aliphatic rings. The van der Waals surface area contributed by atoms with Gasteiger partial charge >= 0.3 is 5.97 Å². The first-order valence-corrected chi connectivity index (χ1v) is 7.82. The van der Waals surface area contributed by atoms with Crippen molar-refractivity contribution < 1.29 is 14.3 Å². The largest absolute Gasteiger partial charge is 0.456 e. The summed E-state index contributed by atoms with van der Waals surface area (Å²) in [6, 6.07) is 7.39. The van der Waals surface area contributed by atoms with Gasteiger partial charge in [0.15, 0.2) is 5.13 Å². The Hall–Kier alpha value is -2.21. The monoisotopic (exact) mass is 318 g/mol. The number of amides is 1. The number of esters is 1. The van der Waals surface area contributed by atoms with Gasteiger partial charge in [0.25, 0.3) is 0 Å². The molecule has 0 bridgehead atoms. The number of hydrogen-bond acceptors (Lipinski definition) is 5. The summed E-state index contributed by atoms with van der Waals surface area (Å²) < 4.78 is 5.23. The normalized spacial score (nSPS) is 10.5. The van der Waals surface area contributed by atoms with E-state index in [1.807, 2.05) is 12.1 Å². The van der Waals surface area contributed by atoms with Crippen molar-refractivity contribution in [2.75, 3.05) is 5.32 Å². The highest BCUT2D eigenvalue weighted by atomic mass is 32.1. The molecule has 0 saturated carbocycles. The number of rotatable bonds is 5. The van der Waals surface area contributed by atoms with Crippen molar-refractivity contribution in [1.29, 1.82) is 0 Å². The fourth-order valence-corrected chi connectivity index (χ4v) is 2.55. The van der Waals surface area contributed by atoms with Crippen molar-refractivity contribution in [1.82, 2.24) is 4.98 Å². The highest BCUT2D eigenvalue weighted by Crippen LogP contribution is 2.17. The van der Waals surface area contributed by atoms with Gasteiger partial charge in [0.05, 0.1) is 11.3 Å². The summed E-state index contributed by atoms with van der Waals surface area (Å²) in [5, 5.41) is 4.84. The van der Waals surface area contributed by atoms with Gasteiger partial charge in [-0.25, -0.2) is 9.78 Å². The lowest BCUT2D eigenvalue weighted by molar-refractivity contribution is -0.114. The third kappa shape index (κ3) is 4.39. The maximum Gasteiger partial charge on any atom is 0.338 e. The molecule has 1 amide bonds. The molecule has 0 fully saturated rings. The molecular formula is C16H18N2O3S. The predicted octanol–water partition coefficient (Wildman–Crippen LogP) is 3.58. The molecule has 0 saturated heterocycles. The predicted molar refractivity (Wildman–Crippen MR) is 86.1 cm³/mol. The third-order valence-electron chi connectivity index (χ3n) is 3.00. The molecule has 22 heavy (non-hydrogen) atoms. The lowest BCUT2D eigenvalue weighted by Gasteiger charge is -2.06. The molecule has 2 rings (SSSR count).